The summed E-state index contributed by atoms with van der Waals surface area (Å²) in [5, 5.41) is 3.48. The fourth-order valence-electron chi connectivity index (χ4n) is 2.61. The van der Waals surface area contributed by atoms with Crippen molar-refractivity contribution in [1.29, 1.82) is 0 Å². The molecule has 0 saturated carbocycles. The first-order valence-electron chi connectivity index (χ1n) is 6.72. The van der Waals surface area contributed by atoms with Gasteiger partial charge in [0.2, 0.25) is 0 Å². The van der Waals surface area contributed by atoms with Crippen LogP contribution in [0.5, 0.6) is 0 Å². The summed E-state index contributed by atoms with van der Waals surface area (Å²) in [6.07, 6.45) is 3.85. The molecule has 0 unspecified atom stereocenters. The van der Waals surface area contributed by atoms with Crippen LogP contribution >= 0.6 is 0 Å². The van der Waals surface area contributed by atoms with Crippen molar-refractivity contribution in [2.45, 2.75) is 32.7 Å². The van der Waals surface area contributed by atoms with Crippen LogP contribution in [0.1, 0.15) is 28.7 Å². The molecule has 1 nitrogen and oxygen atoms in total. The fourth-order valence-corrected chi connectivity index (χ4v) is 2.61. The van der Waals surface area contributed by atoms with E-state index in [1.54, 1.807) is 11.1 Å². The van der Waals surface area contributed by atoms with Crippen molar-refractivity contribution < 1.29 is 0 Å². The van der Waals surface area contributed by atoms with E-state index < -0.39 is 0 Å². The van der Waals surface area contributed by atoms with E-state index in [0.717, 1.165) is 6.54 Å². The van der Waals surface area contributed by atoms with Crippen molar-refractivity contribution in [3.8, 4) is 0 Å². The third kappa shape index (κ3) is 2.40. The van der Waals surface area contributed by atoms with Crippen molar-refractivity contribution in [1.82, 2.24) is 0 Å². The number of aryl methyl sites for hydroxylation is 3. The first-order chi connectivity index (χ1) is 8.81. The molecule has 0 aliphatic heterocycles. The smallest absolute Gasteiger partial charge is 0.0400 e. The van der Waals surface area contributed by atoms with E-state index >= 15 is 0 Å². The predicted octanol–water partition coefficient (Wildman–Crippen LogP) is 4.10. The summed E-state index contributed by atoms with van der Waals surface area (Å²) < 4.78 is 0. The van der Waals surface area contributed by atoms with Crippen LogP contribution in [-0.4, -0.2) is 0 Å². The molecule has 0 spiro atoms. The standard InChI is InChI=1S/C17H19N/c1-13-5-9-17(10-6-13)18-12-14-7-8-15-3-2-4-16(15)11-14/h5-11,18H,2-4,12H2,1H3. The maximum Gasteiger partial charge on any atom is 0.0400 e. The SMILES string of the molecule is Cc1ccc(NCc2ccc3c(c2)CCC3)cc1. The van der Waals surface area contributed by atoms with Gasteiger partial charge in [0.25, 0.3) is 0 Å². The van der Waals surface area contributed by atoms with Gasteiger partial charge in [-0.05, 0) is 55.0 Å². The quantitative estimate of drug-likeness (QED) is 0.847. The van der Waals surface area contributed by atoms with Crippen molar-refractivity contribution in [2.75, 3.05) is 5.32 Å². The Labute approximate surface area is 109 Å². The number of benzene rings is 2. The summed E-state index contributed by atoms with van der Waals surface area (Å²) in [5.41, 5.74) is 6.99. The summed E-state index contributed by atoms with van der Waals surface area (Å²) in [4.78, 5) is 0. The monoisotopic (exact) mass is 237 g/mol. The van der Waals surface area contributed by atoms with E-state index in [2.05, 4.69) is 54.7 Å². The Morgan fingerprint density at radius 2 is 1.72 bits per heavy atom. The first-order valence-corrected chi connectivity index (χ1v) is 6.72. The second kappa shape index (κ2) is 4.85. The van der Waals surface area contributed by atoms with Crippen LogP contribution in [0, 0.1) is 6.92 Å². The lowest BCUT2D eigenvalue weighted by Gasteiger charge is -2.08. The third-order valence-corrected chi connectivity index (χ3v) is 3.71. The summed E-state index contributed by atoms with van der Waals surface area (Å²) in [6, 6.07) is 15.5. The molecule has 18 heavy (non-hydrogen) atoms. The number of hydrogen-bond acceptors (Lipinski definition) is 1. The predicted molar refractivity (Wildman–Crippen MR) is 77.0 cm³/mol. The highest BCUT2D eigenvalue weighted by molar-refractivity contribution is 5.45. The molecular formula is C17H19N. The van der Waals surface area contributed by atoms with Gasteiger partial charge in [0, 0.05) is 12.2 Å². The Morgan fingerprint density at radius 3 is 2.56 bits per heavy atom. The van der Waals surface area contributed by atoms with Crippen LogP contribution in [0.15, 0.2) is 42.5 Å². The molecule has 2 aromatic carbocycles. The van der Waals surface area contributed by atoms with Crippen LogP contribution < -0.4 is 5.32 Å². The summed E-state index contributed by atoms with van der Waals surface area (Å²) in [6.45, 7) is 3.03. The Kier molecular flexibility index (Phi) is 3.06. The van der Waals surface area contributed by atoms with Crippen molar-refractivity contribution in [2.24, 2.45) is 0 Å². The third-order valence-electron chi connectivity index (χ3n) is 3.71. The fraction of sp³-hybridized carbons (Fsp3) is 0.294. The van der Waals surface area contributed by atoms with E-state index in [9.17, 15) is 0 Å². The van der Waals surface area contributed by atoms with Crippen LogP contribution in [0.25, 0.3) is 0 Å². The molecule has 0 bridgehead atoms. The van der Waals surface area contributed by atoms with Crippen molar-refractivity contribution >= 4 is 5.69 Å². The molecule has 1 N–H and O–H groups in total. The minimum Gasteiger partial charge on any atom is -0.381 e. The van der Waals surface area contributed by atoms with Crippen LogP contribution in [0.2, 0.25) is 0 Å². The summed E-state index contributed by atoms with van der Waals surface area (Å²) >= 11 is 0. The lowest BCUT2D eigenvalue weighted by Crippen LogP contribution is -2.00. The number of nitrogens with one attached hydrogen (secondary N) is 1. The largest absolute Gasteiger partial charge is 0.381 e. The lowest BCUT2D eigenvalue weighted by molar-refractivity contribution is 0.911. The van der Waals surface area contributed by atoms with E-state index in [4.69, 9.17) is 0 Å². The molecule has 92 valence electrons. The van der Waals surface area contributed by atoms with E-state index in [0.29, 0.717) is 0 Å². The molecule has 0 heterocycles. The molecule has 0 atom stereocenters. The molecule has 0 saturated heterocycles. The molecule has 0 radical (unpaired) electrons. The molecule has 1 aliphatic carbocycles. The molecule has 0 aromatic heterocycles. The van der Waals surface area contributed by atoms with E-state index in [-0.39, 0.29) is 0 Å². The Bertz CT molecular complexity index is 540. The molecule has 1 aliphatic rings. The zero-order valence-electron chi connectivity index (χ0n) is 10.9. The van der Waals surface area contributed by atoms with Gasteiger partial charge in [-0.25, -0.2) is 0 Å². The van der Waals surface area contributed by atoms with Gasteiger partial charge in [0.1, 0.15) is 0 Å². The molecule has 2 aromatic rings. The average molecular weight is 237 g/mol. The van der Waals surface area contributed by atoms with E-state index in [1.807, 2.05) is 0 Å². The molecular weight excluding hydrogens is 218 g/mol. The highest BCUT2D eigenvalue weighted by Gasteiger charge is 2.10. The number of rotatable bonds is 3. The van der Waals surface area contributed by atoms with Gasteiger partial charge in [-0.15, -0.1) is 0 Å². The second-order valence-corrected chi connectivity index (χ2v) is 5.18. The lowest BCUT2D eigenvalue weighted by atomic mass is 10.1. The Morgan fingerprint density at radius 1 is 0.944 bits per heavy atom. The Hall–Kier alpha value is -1.76. The molecule has 0 fully saturated rings. The maximum absolute atomic E-state index is 3.48. The van der Waals surface area contributed by atoms with Gasteiger partial charge in [-0.1, -0.05) is 35.9 Å². The van der Waals surface area contributed by atoms with Crippen molar-refractivity contribution in [3.63, 3.8) is 0 Å². The Balaban J connectivity index is 1.68. The summed E-state index contributed by atoms with van der Waals surface area (Å²) in [7, 11) is 0. The maximum atomic E-state index is 3.48. The van der Waals surface area contributed by atoms with Crippen LogP contribution in [0.3, 0.4) is 0 Å². The van der Waals surface area contributed by atoms with Crippen LogP contribution in [0.4, 0.5) is 5.69 Å². The minimum atomic E-state index is 0.913. The van der Waals surface area contributed by atoms with Crippen LogP contribution in [-0.2, 0) is 19.4 Å². The van der Waals surface area contributed by atoms with Gasteiger partial charge in [-0.2, -0.15) is 0 Å². The zero-order valence-corrected chi connectivity index (χ0v) is 10.9. The minimum absolute atomic E-state index is 0.913. The second-order valence-electron chi connectivity index (χ2n) is 5.18. The molecule has 0 amide bonds. The van der Waals surface area contributed by atoms with Gasteiger partial charge in [0.05, 0.1) is 0 Å². The highest BCUT2D eigenvalue weighted by atomic mass is 14.9. The molecule has 3 rings (SSSR count). The highest BCUT2D eigenvalue weighted by Crippen LogP contribution is 2.23. The topological polar surface area (TPSA) is 12.0 Å². The molecule has 1 heteroatoms. The van der Waals surface area contributed by atoms with Crippen molar-refractivity contribution in [3.05, 3.63) is 64.7 Å². The number of fused-ring (bicyclic) bond motifs is 1. The van der Waals surface area contributed by atoms with Gasteiger partial charge >= 0.3 is 0 Å². The zero-order chi connectivity index (χ0) is 12.4. The first kappa shape index (κ1) is 11.3. The van der Waals surface area contributed by atoms with Gasteiger partial charge in [-0.3, -0.25) is 0 Å². The van der Waals surface area contributed by atoms with Gasteiger partial charge < -0.3 is 5.32 Å². The number of hydrogen-bond donors (Lipinski definition) is 1. The average Bonchev–Trinajstić information content (AvgIpc) is 2.85. The normalized spacial score (nSPS) is 13.4. The van der Waals surface area contributed by atoms with E-state index in [1.165, 1.54) is 36.1 Å². The van der Waals surface area contributed by atoms with Gasteiger partial charge in [0.15, 0.2) is 0 Å². The summed E-state index contributed by atoms with van der Waals surface area (Å²) in [5.74, 6) is 0. The number of anilines is 1.